The Labute approximate surface area is 124 Å². The van der Waals surface area contributed by atoms with E-state index >= 15 is 0 Å². The predicted molar refractivity (Wildman–Crippen MR) is 83.0 cm³/mol. The van der Waals surface area contributed by atoms with Crippen molar-refractivity contribution in [2.45, 2.75) is 33.2 Å². The van der Waals surface area contributed by atoms with Crippen LogP contribution >= 0.6 is 11.3 Å². The first kappa shape index (κ1) is 14.7. The lowest BCUT2D eigenvalue weighted by Crippen LogP contribution is -2.30. The molecule has 0 saturated heterocycles. The Morgan fingerprint density at radius 2 is 2.05 bits per heavy atom. The Bertz CT molecular complexity index is 551. The van der Waals surface area contributed by atoms with Gasteiger partial charge in [-0.1, -0.05) is 13.3 Å². The zero-order valence-corrected chi connectivity index (χ0v) is 12.8. The molecule has 0 aliphatic heterocycles. The summed E-state index contributed by atoms with van der Waals surface area (Å²) in [5.41, 5.74) is 1.92. The second-order valence-electron chi connectivity index (χ2n) is 4.73. The van der Waals surface area contributed by atoms with Crippen LogP contribution in [0.1, 0.15) is 41.1 Å². The SMILES string of the molecule is CCCc1cc(C(=O)N(CC)Cc2ccncc2)cs1. The summed E-state index contributed by atoms with van der Waals surface area (Å²) in [5.74, 6) is 0.114. The van der Waals surface area contributed by atoms with Crippen LogP contribution in [0.4, 0.5) is 0 Å². The van der Waals surface area contributed by atoms with Crippen molar-refractivity contribution in [1.82, 2.24) is 9.88 Å². The van der Waals surface area contributed by atoms with Gasteiger partial charge in [-0.3, -0.25) is 9.78 Å². The maximum Gasteiger partial charge on any atom is 0.254 e. The molecule has 3 nitrogen and oxygen atoms in total. The van der Waals surface area contributed by atoms with Gasteiger partial charge in [0.15, 0.2) is 0 Å². The van der Waals surface area contributed by atoms with Crippen molar-refractivity contribution >= 4 is 17.2 Å². The maximum atomic E-state index is 12.5. The number of hydrogen-bond acceptors (Lipinski definition) is 3. The van der Waals surface area contributed by atoms with E-state index in [4.69, 9.17) is 0 Å². The molecule has 0 bridgehead atoms. The van der Waals surface area contributed by atoms with Gasteiger partial charge < -0.3 is 4.90 Å². The predicted octanol–water partition coefficient (Wildman–Crippen LogP) is 3.76. The fourth-order valence-electron chi connectivity index (χ4n) is 2.09. The van der Waals surface area contributed by atoms with E-state index in [1.165, 1.54) is 4.88 Å². The van der Waals surface area contributed by atoms with E-state index in [1.807, 2.05) is 35.4 Å². The summed E-state index contributed by atoms with van der Waals surface area (Å²) < 4.78 is 0. The summed E-state index contributed by atoms with van der Waals surface area (Å²) in [4.78, 5) is 19.7. The molecule has 2 rings (SSSR count). The monoisotopic (exact) mass is 288 g/mol. The van der Waals surface area contributed by atoms with Gasteiger partial charge in [-0.05, 0) is 37.1 Å². The lowest BCUT2D eigenvalue weighted by atomic mass is 10.2. The Morgan fingerprint density at radius 3 is 2.70 bits per heavy atom. The summed E-state index contributed by atoms with van der Waals surface area (Å²) in [6.45, 7) is 5.51. The largest absolute Gasteiger partial charge is 0.335 e. The van der Waals surface area contributed by atoms with Gasteiger partial charge in [0.1, 0.15) is 0 Å². The van der Waals surface area contributed by atoms with Gasteiger partial charge >= 0.3 is 0 Å². The van der Waals surface area contributed by atoms with Crippen molar-refractivity contribution in [1.29, 1.82) is 0 Å². The summed E-state index contributed by atoms with van der Waals surface area (Å²) >= 11 is 1.68. The minimum atomic E-state index is 0.114. The van der Waals surface area contributed by atoms with Crippen LogP contribution in [0.3, 0.4) is 0 Å². The lowest BCUT2D eigenvalue weighted by Gasteiger charge is -2.20. The van der Waals surface area contributed by atoms with Crippen molar-refractivity contribution in [3.8, 4) is 0 Å². The van der Waals surface area contributed by atoms with Crippen LogP contribution in [-0.2, 0) is 13.0 Å². The first-order valence-electron chi connectivity index (χ1n) is 7.00. The highest BCUT2D eigenvalue weighted by molar-refractivity contribution is 7.10. The minimum Gasteiger partial charge on any atom is -0.335 e. The second-order valence-corrected chi connectivity index (χ2v) is 5.72. The summed E-state index contributed by atoms with van der Waals surface area (Å²) in [6, 6.07) is 5.93. The summed E-state index contributed by atoms with van der Waals surface area (Å²) in [7, 11) is 0. The number of amides is 1. The van der Waals surface area contributed by atoms with Crippen LogP contribution in [0.5, 0.6) is 0 Å². The number of thiophene rings is 1. The number of hydrogen-bond donors (Lipinski definition) is 0. The van der Waals surface area contributed by atoms with Crippen molar-refractivity contribution in [3.63, 3.8) is 0 Å². The van der Waals surface area contributed by atoms with E-state index in [0.29, 0.717) is 13.1 Å². The molecule has 0 fully saturated rings. The molecule has 20 heavy (non-hydrogen) atoms. The maximum absolute atomic E-state index is 12.5. The number of nitrogens with zero attached hydrogens (tertiary/aromatic N) is 2. The number of rotatable bonds is 6. The van der Waals surface area contributed by atoms with E-state index in [1.54, 1.807) is 23.7 Å². The van der Waals surface area contributed by atoms with Crippen LogP contribution < -0.4 is 0 Å². The highest BCUT2D eigenvalue weighted by Gasteiger charge is 2.16. The van der Waals surface area contributed by atoms with Crippen LogP contribution in [0.2, 0.25) is 0 Å². The molecule has 0 saturated carbocycles. The molecule has 0 unspecified atom stereocenters. The Morgan fingerprint density at radius 1 is 1.30 bits per heavy atom. The molecule has 106 valence electrons. The molecular formula is C16H20N2OS. The average Bonchev–Trinajstić information content (AvgIpc) is 2.94. The van der Waals surface area contributed by atoms with Crippen molar-refractivity contribution < 1.29 is 4.79 Å². The van der Waals surface area contributed by atoms with Gasteiger partial charge in [-0.2, -0.15) is 0 Å². The quantitative estimate of drug-likeness (QED) is 0.811. The average molecular weight is 288 g/mol. The number of carbonyl (C=O) groups excluding carboxylic acids is 1. The van der Waals surface area contributed by atoms with Gasteiger partial charge in [0.2, 0.25) is 0 Å². The first-order chi connectivity index (χ1) is 9.74. The third-order valence-corrected chi connectivity index (χ3v) is 4.19. The molecule has 0 spiro atoms. The minimum absolute atomic E-state index is 0.114. The normalized spacial score (nSPS) is 10.5. The van der Waals surface area contributed by atoms with Crippen LogP contribution in [0.25, 0.3) is 0 Å². The zero-order valence-electron chi connectivity index (χ0n) is 12.0. The molecule has 0 N–H and O–H groups in total. The summed E-state index contributed by atoms with van der Waals surface area (Å²) in [5, 5.41) is 1.97. The van der Waals surface area contributed by atoms with Gasteiger partial charge in [0, 0.05) is 35.7 Å². The molecule has 4 heteroatoms. The Balaban J connectivity index is 2.08. The standard InChI is InChI=1S/C16H20N2OS/c1-3-5-15-10-14(12-20-15)16(19)18(4-2)11-13-6-8-17-9-7-13/h6-10,12H,3-5,11H2,1-2H3. The van der Waals surface area contributed by atoms with E-state index in [-0.39, 0.29) is 5.91 Å². The van der Waals surface area contributed by atoms with E-state index < -0.39 is 0 Å². The van der Waals surface area contributed by atoms with Crippen LogP contribution in [0, 0.1) is 0 Å². The molecule has 0 aromatic carbocycles. The highest BCUT2D eigenvalue weighted by atomic mass is 32.1. The Kier molecular flexibility index (Phi) is 5.30. The van der Waals surface area contributed by atoms with Crippen molar-refractivity contribution in [2.75, 3.05) is 6.54 Å². The fourth-order valence-corrected chi connectivity index (χ4v) is 3.05. The molecule has 0 aliphatic rings. The Hall–Kier alpha value is -1.68. The number of aryl methyl sites for hydroxylation is 1. The topological polar surface area (TPSA) is 33.2 Å². The van der Waals surface area contributed by atoms with E-state index in [0.717, 1.165) is 24.0 Å². The molecule has 0 atom stereocenters. The molecule has 1 amide bonds. The molecule has 2 aromatic rings. The molecule has 0 radical (unpaired) electrons. The molecule has 2 aromatic heterocycles. The number of carbonyl (C=O) groups is 1. The summed E-state index contributed by atoms with van der Waals surface area (Å²) in [6.07, 6.45) is 5.69. The van der Waals surface area contributed by atoms with Crippen LogP contribution in [-0.4, -0.2) is 22.3 Å². The fraction of sp³-hybridized carbons (Fsp3) is 0.375. The van der Waals surface area contributed by atoms with E-state index in [9.17, 15) is 4.79 Å². The van der Waals surface area contributed by atoms with Gasteiger partial charge in [-0.15, -0.1) is 11.3 Å². The second kappa shape index (κ2) is 7.20. The first-order valence-corrected chi connectivity index (χ1v) is 7.88. The highest BCUT2D eigenvalue weighted by Crippen LogP contribution is 2.19. The zero-order chi connectivity index (χ0) is 14.4. The number of pyridine rings is 1. The molecule has 2 heterocycles. The van der Waals surface area contributed by atoms with Crippen LogP contribution in [0.15, 0.2) is 36.0 Å². The van der Waals surface area contributed by atoms with Gasteiger partial charge in [-0.25, -0.2) is 0 Å². The lowest BCUT2D eigenvalue weighted by molar-refractivity contribution is 0.0753. The third kappa shape index (κ3) is 3.67. The molecular weight excluding hydrogens is 268 g/mol. The molecule has 0 aliphatic carbocycles. The third-order valence-electron chi connectivity index (χ3n) is 3.19. The van der Waals surface area contributed by atoms with E-state index in [2.05, 4.69) is 11.9 Å². The van der Waals surface area contributed by atoms with Gasteiger partial charge in [0.05, 0.1) is 5.56 Å². The van der Waals surface area contributed by atoms with Crippen molar-refractivity contribution in [3.05, 3.63) is 52.0 Å². The van der Waals surface area contributed by atoms with Gasteiger partial charge in [0.25, 0.3) is 5.91 Å². The smallest absolute Gasteiger partial charge is 0.254 e. The van der Waals surface area contributed by atoms with Crippen molar-refractivity contribution in [2.24, 2.45) is 0 Å². The number of aromatic nitrogens is 1.